The smallest absolute Gasteiger partial charge is 0.311 e. The second kappa shape index (κ2) is 8.08. The van der Waals surface area contributed by atoms with Gasteiger partial charge in [0.25, 0.3) is 0 Å². The van der Waals surface area contributed by atoms with E-state index in [-0.39, 0.29) is 5.04 Å². The number of benzene rings is 1. The van der Waals surface area contributed by atoms with Gasteiger partial charge in [-0.25, -0.2) is 0 Å². The van der Waals surface area contributed by atoms with Gasteiger partial charge in [-0.05, 0) is 30.1 Å². The van der Waals surface area contributed by atoms with Crippen LogP contribution in [0.5, 0.6) is 0 Å². The standard InChI is InChI=1S/C18H30O4Si/c1-18(2,3)23(5,6)22-13-12-15(17(20)21-4)16(19)14-10-8-7-9-11-14/h7-11,15-16,19H,12-13H2,1-6H3/t15-,16-/m1/s1. The molecule has 0 unspecified atom stereocenters. The zero-order chi connectivity index (χ0) is 17.7. The molecule has 0 bridgehead atoms. The lowest BCUT2D eigenvalue weighted by atomic mass is 9.93. The first kappa shape index (κ1) is 19.9. The molecule has 23 heavy (non-hydrogen) atoms. The molecule has 4 nitrogen and oxygen atoms in total. The summed E-state index contributed by atoms with van der Waals surface area (Å²) in [6.45, 7) is 11.3. The Morgan fingerprint density at radius 3 is 2.26 bits per heavy atom. The number of carbonyl (C=O) groups is 1. The molecule has 0 aliphatic carbocycles. The van der Waals surface area contributed by atoms with Crippen molar-refractivity contribution in [2.75, 3.05) is 13.7 Å². The molecule has 0 saturated carbocycles. The maximum absolute atomic E-state index is 12.1. The summed E-state index contributed by atoms with van der Waals surface area (Å²) >= 11 is 0. The Morgan fingerprint density at radius 2 is 1.78 bits per heavy atom. The minimum Gasteiger partial charge on any atom is -0.469 e. The van der Waals surface area contributed by atoms with Gasteiger partial charge in [-0.3, -0.25) is 4.79 Å². The molecule has 0 aliphatic rings. The summed E-state index contributed by atoms with van der Waals surface area (Å²) in [6, 6.07) is 9.20. The van der Waals surface area contributed by atoms with Crippen molar-refractivity contribution >= 4 is 14.3 Å². The summed E-state index contributed by atoms with van der Waals surface area (Å²) in [4.78, 5) is 12.1. The van der Waals surface area contributed by atoms with Crippen molar-refractivity contribution < 1.29 is 19.1 Å². The lowest BCUT2D eigenvalue weighted by Crippen LogP contribution is -2.41. The van der Waals surface area contributed by atoms with Crippen LogP contribution < -0.4 is 0 Å². The van der Waals surface area contributed by atoms with Crippen molar-refractivity contribution in [2.24, 2.45) is 5.92 Å². The van der Waals surface area contributed by atoms with Crippen LogP contribution in [-0.2, 0) is 14.0 Å². The van der Waals surface area contributed by atoms with Crippen LogP contribution in [0.3, 0.4) is 0 Å². The van der Waals surface area contributed by atoms with Gasteiger partial charge in [-0.2, -0.15) is 0 Å². The molecule has 1 aromatic rings. The summed E-state index contributed by atoms with van der Waals surface area (Å²) < 4.78 is 11.0. The largest absolute Gasteiger partial charge is 0.469 e. The number of rotatable bonds is 7. The van der Waals surface area contributed by atoms with Gasteiger partial charge in [-0.15, -0.1) is 0 Å². The summed E-state index contributed by atoms with van der Waals surface area (Å²) in [6.07, 6.45) is -0.443. The van der Waals surface area contributed by atoms with Crippen molar-refractivity contribution in [3.63, 3.8) is 0 Å². The first-order chi connectivity index (χ1) is 10.6. The van der Waals surface area contributed by atoms with E-state index in [1.165, 1.54) is 7.11 Å². The molecule has 0 heterocycles. The van der Waals surface area contributed by atoms with Crippen LogP contribution in [-0.4, -0.2) is 33.1 Å². The molecule has 130 valence electrons. The number of methoxy groups -OCH3 is 1. The van der Waals surface area contributed by atoms with Gasteiger partial charge in [0.2, 0.25) is 0 Å². The minimum absolute atomic E-state index is 0.117. The molecule has 0 fully saturated rings. The summed E-state index contributed by atoms with van der Waals surface area (Å²) in [5.41, 5.74) is 0.718. The van der Waals surface area contributed by atoms with E-state index in [2.05, 4.69) is 33.9 Å². The number of ether oxygens (including phenoxy) is 1. The van der Waals surface area contributed by atoms with E-state index in [4.69, 9.17) is 9.16 Å². The van der Waals surface area contributed by atoms with Crippen molar-refractivity contribution in [2.45, 2.75) is 51.4 Å². The normalized spacial score (nSPS) is 15.1. The first-order valence-electron chi connectivity index (χ1n) is 8.05. The van der Waals surface area contributed by atoms with Crippen LogP contribution in [0.1, 0.15) is 38.9 Å². The Balaban J connectivity index is 2.75. The average Bonchev–Trinajstić information content (AvgIpc) is 2.50. The van der Waals surface area contributed by atoms with Gasteiger partial charge in [-0.1, -0.05) is 51.1 Å². The fraction of sp³-hybridized carbons (Fsp3) is 0.611. The highest BCUT2D eigenvalue weighted by molar-refractivity contribution is 6.74. The highest BCUT2D eigenvalue weighted by Gasteiger charge is 2.38. The quantitative estimate of drug-likeness (QED) is 0.605. The molecule has 1 N–H and O–H groups in total. The molecule has 1 rings (SSSR count). The van der Waals surface area contributed by atoms with Gasteiger partial charge >= 0.3 is 5.97 Å². The van der Waals surface area contributed by atoms with E-state index >= 15 is 0 Å². The van der Waals surface area contributed by atoms with E-state index in [0.29, 0.717) is 13.0 Å². The van der Waals surface area contributed by atoms with Crippen molar-refractivity contribution in [1.82, 2.24) is 0 Å². The maximum atomic E-state index is 12.1. The van der Waals surface area contributed by atoms with Crippen LogP contribution in [0.15, 0.2) is 30.3 Å². The van der Waals surface area contributed by atoms with Crippen LogP contribution in [0.25, 0.3) is 0 Å². The monoisotopic (exact) mass is 338 g/mol. The summed E-state index contributed by atoms with van der Waals surface area (Å²) in [5.74, 6) is -1.02. The van der Waals surface area contributed by atoms with Gasteiger partial charge in [0.05, 0.1) is 19.1 Å². The third-order valence-corrected chi connectivity index (χ3v) is 9.26. The fourth-order valence-corrected chi connectivity index (χ4v) is 3.16. The molecular weight excluding hydrogens is 308 g/mol. The summed E-state index contributed by atoms with van der Waals surface area (Å²) in [7, 11) is -0.516. The van der Waals surface area contributed by atoms with Gasteiger partial charge < -0.3 is 14.3 Å². The van der Waals surface area contributed by atoms with Gasteiger partial charge in [0, 0.05) is 6.61 Å². The Bertz CT molecular complexity index is 493. The van der Waals surface area contributed by atoms with Crippen LogP contribution in [0.2, 0.25) is 18.1 Å². The predicted molar refractivity (Wildman–Crippen MR) is 94.7 cm³/mol. The molecule has 0 spiro atoms. The van der Waals surface area contributed by atoms with E-state index in [0.717, 1.165) is 5.56 Å². The molecule has 5 heteroatoms. The SMILES string of the molecule is COC(=O)[C@H](CCO[Si](C)(C)C(C)(C)C)[C@H](O)c1ccccc1. The summed E-state index contributed by atoms with van der Waals surface area (Å²) in [5, 5.41) is 10.6. The zero-order valence-corrected chi connectivity index (χ0v) is 16.1. The lowest BCUT2D eigenvalue weighted by Gasteiger charge is -2.36. The number of hydrogen-bond donors (Lipinski definition) is 1. The predicted octanol–water partition coefficient (Wildman–Crippen LogP) is 3.92. The minimum atomic E-state index is -1.86. The van der Waals surface area contributed by atoms with Gasteiger partial charge in [0.15, 0.2) is 8.32 Å². The molecule has 2 atom stereocenters. The molecule has 0 saturated heterocycles. The Kier molecular flexibility index (Phi) is 6.98. The van der Waals surface area contributed by atoms with Crippen LogP contribution in [0, 0.1) is 5.92 Å². The zero-order valence-electron chi connectivity index (χ0n) is 15.1. The third-order valence-electron chi connectivity index (χ3n) is 4.72. The van der Waals surface area contributed by atoms with E-state index in [9.17, 15) is 9.90 Å². The van der Waals surface area contributed by atoms with E-state index in [1.807, 2.05) is 30.3 Å². The van der Waals surface area contributed by atoms with E-state index in [1.54, 1.807) is 0 Å². The van der Waals surface area contributed by atoms with Crippen molar-refractivity contribution in [3.8, 4) is 0 Å². The molecule has 0 radical (unpaired) electrons. The molecule has 0 aromatic heterocycles. The number of hydrogen-bond acceptors (Lipinski definition) is 4. The molecular formula is C18H30O4Si. The second-order valence-corrected chi connectivity index (χ2v) is 12.2. The maximum Gasteiger partial charge on any atom is 0.311 e. The number of carbonyl (C=O) groups excluding carboxylic acids is 1. The van der Waals surface area contributed by atoms with Crippen LogP contribution >= 0.6 is 0 Å². The highest BCUT2D eigenvalue weighted by atomic mass is 28.4. The number of aliphatic hydroxyl groups is 1. The van der Waals surface area contributed by atoms with Crippen molar-refractivity contribution in [1.29, 1.82) is 0 Å². The molecule has 1 aromatic carbocycles. The lowest BCUT2D eigenvalue weighted by molar-refractivity contribution is -0.150. The first-order valence-corrected chi connectivity index (χ1v) is 11.0. The van der Waals surface area contributed by atoms with E-state index < -0.39 is 26.3 Å². The Labute approximate surface area is 140 Å². The second-order valence-electron chi connectivity index (χ2n) is 7.38. The molecule has 0 aliphatic heterocycles. The fourth-order valence-electron chi connectivity index (χ4n) is 2.10. The Hall–Kier alpha value is -1.17. The average molecular weight is 339 g/mol. The topological polar surface area (TPSA) is 55.8 Å². The number of esters is 1. The molecule has 0 amide bonds. The number of aliphatic hydroxyl groups excluding tert-OH is 1. The van der Waals surface area contributed by atoms with Gasteiger partial charge in [0.1, 0.15) is 0 Å². The van der Waals surface area contributed by atoms with Crippen molar-refractivity contribution in [3.05, 3.63) is 35.9 Å². The Morgan fingerprint density at radius 1 is 1.22 bits per heavy atom. The highest BCUT2D eigenvalue weighted by Crippen LogP contribution is 2.37. The van der Waals surface area contributed by atoms with Crippen LogP contribution in [0.4, 0.5) is 0 Å². The third kappa shape index (κ3) is 5.44.